The summed E-state index contributed by atoms with van der Waals surface area (Å²) < 4.78 is 0. The topological polar surface area (TPSA) is 90.1 Å². The third kappa shape index (κ3) is 3.18. The van der Waals surface area contributed by atoms with Crippen LogP contribution in [0.5, 0.6) is 0 Å². The Morgan fingerprint density at radius 2 is 2.26 bits per heavy atom. The number of nitrogens with zero attached hydrogens (tertiary/aromatic N) is 2. The van der Waals surface area contributed by atoms with Crippen LogP contribution in [0.25, 0.3) is 0 Å². The molecule has 1 unspecified atom stereocenters. The molecule has 0 radical (unpaired) electrons. The third-order valence-corrected chi connectivity index (χ3v) is 4.03. The van der Waals surface area contributed by atoms with Crippen molar-refractivity contribution in [3.8, 4) is 0 Å². The highest BCUT2D eigenvalue weighted by Gasteiger charge is 2.24. The Balaban J connectivity index is 1.60. The second-order valence-corrected chi connectivity index (χ2v) is 5.65. The number of hydrogen-bond donors (Lipinski definition) is 3. The Hall–Kier alpha value is -2.83. The molecule has 23 heavy (non-hydrogen) atoms. The number of likely N-dealkylation sites (N-methyl/N-ethyl adjacent to an activating group) is 1. The lowest BCUT2D eigenvalue weighted by atomic mass is 10.0. The number of carbonyl (C=O) groups is 2. The molecule has 1 aromatic carbocycles. The molecule has 0 saturated heterocycles. The first-order chi connectivity index (χ1) is 11.0. The van der Waals surface area contributed by atoms with Crippen LogP contribution >= 0.6 is 0 Å². The van der Waals surface area contributed by atoms with Crippen molar-refractivity contribution < 1.29 is 9.59 Å². The summed E-state index contributed by atoms with van der Waals surface area (Å²) >= 11 is 0. The number of nitrogens with one attached hydrogen (secondary N) is 3. The fraction of sp³-hybridized carbons (Fsp3) is 0.312. The molecule has 1 aromatic heterocycles. The fourth-order valence-corrected chi connectivity index (χ4v) is 2.65. The number of H-pyrrole nitrogens is 1. The lowest BCUT2D eigenvalue weighted by Crippen LogP contribution is -2.36. The minimum atomic E-state index is -0.249. The molecule has 0 bridgehead atoms. The van der Waals surface area contributed by atoms with Gasteiger partial charge in [0.15, 0.2) is 0 Å². The lowest BCUT2D eigenvalue weighted by molar-refractivity contribution is -0.117. The van der Waals surface area contributed by atoms with E-state index in [0.717, 1.165) is 22.5 Å². The Bertz CT molecular complexity index is 726. The highest BCUT2D eigenvalue weighted by atomic mass is 16.2. The van der Waals surface area contributed by atoms with Gasteiger partial charge in [-0.25, -0.2) is 4.79 Å². The number of benzene rings is 1. The smallest absolute Gasteiger partial charge is 0.315 e. The van der Waals surface area contributed by atoms with Gasteiger partial charge >= 0.3 is 6.03 Å². The number of hydrogen-bond acceptors (Lipinski definition) is 3. The number of carbonyl (C=O) groups excluding carboxylic acids is 2. The molecule has 1 atom stereocenters. The zero-order valence-corrected chi connectivity index (χ0v) is 13.1. The zero-order chi connectivity index (χ0) is 16.4. The van der Waals surface area contributed by atoms with Gasteiger partial charge in [0, 0.05) is 18.9 Å². The molecule has 0 spiro atoms. The fourth-order valence-electron chi connectivity index (χ4n) is 2.65. The number of aromatic amines is 1. The molecule has 3 N–H and O–H groups in total. The van der Waals surface area contributed by atoms with Crippen LogP contribution in [0.3, 0.4) is 0 Å². The van der Waals surface area contributed by atoms with Gasteiger partial charge in [0.25, 0.3) is 0 Å². The van der Waals surface area contributed by atoms with Crippen LogP contribution in [0.15, 0.2) is 30.5 Å². The summed E-state index contributed by atoms with van der Waals surface area (Å²) in [5, 5.41) is 12.3. The molecule has 3 rings (SSSR count). The van der Waals surface area contributed by atoms with E-state index in [2.05, 4.69) is 20.8 Å². The van der Waals surface area contributed by atoms with Crippen molar-refractivity contribution in [3.05, 3.63) is 47.3 Å². The maximum atomic E-state index is 11.9. The third-order valence-electron chi connectivity index (χ3n) is 4.03. The van der Waals surface area contributed by atoms with Gasteiger partial charge in [-0.15, -0.1) is 0 Å². The number of rotatable bonds is 4. The summed E-state index contributed by atoms with van der Waals surface area (Å²) in [6.07, 6.45) is 2.05. The van der Waals surface area contributed by atoms with E-state index in [9.17, 15) is 9.59 Å². The van der Waals surface area contributed by atoms with Gasteiger partial charge in [-0.2, -0.15) is 5.10 Å². The predicted molar refractivity (Wildman–Crippen MR) is 85.9 cm³/mol. The van der Waals surface area contributed by atoms with Crippen molar-refractivity contribution in [2.75, 3.05) is 11.9 Å². The van der Waals surface area contributed by atoms with Crippen LogP contribution in [0.4, 0.5) is 10.5 Å². The van der Waals surface area contributed by atoms with Crippen molar-refractivity contribution in [1.82, 2.24) is 20.8 Å². The van der Waals surface area contributed by atoms with Crippen molar-refractivity contribution in [2.24, 2.45) is 0 Å². The number of anilines is 1. The largest absolute Gasteiger partial charge is 0.333 e. The van der Waals surface area contributed by atoms with Gasteiger partial charge in [0.05, 0.1) is 24.7 Å². The van der Waals surface area contributed by atoms with E-state index < -0.39 is 0 Å². The quantitative estimate of drug-likeness (QED) is 0.799. The SMILES string of the molecule is CC(NC(=O)NCc1ccn[nH]1)c1ccc2c(c1)CC(=O)N2C. The molecule has 3 amide bonds. The molecule has 7 nitrogen and oxygen atoms in total. The monoisotopic (exact) mass is 313 g/mol. The summed E-state index contributed by atoms with van der Waals surface area (Å²) in [7, 11) is 1.78. The second kappa shape index (κ2) is 6.12. The zero-order valence-electron chi connectivity index (χ0n) is 13.1. The summed E-state index contributed by atoms with van der Waals surface area (Å²) in [6, 6.07) is 7.25. The number of urea groups is 1. The first-order valence-electron chi connectivity index (χ1n) is 7.46. The maximum Gasteiger partial charge on any atom is 0.315 e. The molecular weight excluding hydrogens is 294 g/mol. The summed E-state index contributed by atoms with van der Waals surface area (Å²) in [5.74, 6) is 0.0927. The minimum Gasteiger partial charge on any atom is -0.333 e. The van der Waals surface area contributed by atoms with Gasteiger partial charge < -0.3 is 15.5 Å². The summed E-state index contributed by atoms with van der Waals surface area (Å²) in [4.78, 5) is 25.3. The standard InChI is InChI=1S/C16H19N5O2/c1-10(19-16(23)17-9-13-5-6-18-20-13)11-3-4-14-12(7-11)8-15(22)21(14)2/h3-7,10H,8-9H2,1-2H3,(H,18,20)(H2,17,19,23). The molecule has 1 aliphatic rings. The molecule has 2 aromatic rings. The summed E-state index contributed by atoms with van der Waals surface area (Å²) in [6.45, 7) is 2.31. The van der Waals surface area contributed by atoms with E-state index in [0.29, 0.717) is 13.0 Å². The van der Waals surface area contributed by atoms with Gasteiger partial charge in [-0.1, -0.05) is 12.1 Å². The molecule has 0 saturated carbocycles. The van der Waals surface area contributed by atoms with Crippen LogP contribution in [-0.4, -0.2) is 29.2 Å². The van der Waals surface area contributed by atoms with Crippen LogP contribution in [-0.2, 0) is 17.8 Å². The molecule has 0 fully saturated rings. The van der Waals surface area contributed by atoms with Crippen molar-refractivity contribution in [2.45, 2.75) is 25.9 Å². The van der Waals surface area contributed by atoms with Crippen LogP contribution in [0.2, 0.25) is 0 Å². The van der Waals surface area contributed by atoms with Crippen molar-refractivity contribution >= 4 is 17.6 Å². The van der Waals surface area contributed by atoms with Gasteiger partial charge in [-0.3, -0.25) is 9.89 Å². The highest BCUT2D eigenvalue weighted by molar-refractivity contribution is 6.00. The van der Waals surface area contributed by atoms with Crippen molar-refractivity contribution in [3.63, 3.8) is 0 Å². The van der Waals surface area contributed by atoms with Gasteiger partial charge in [0.1, 0.15) is 0 Å². The van der Waals surface area contributed by atoms with E-state index in [1.807, 2.05) is 25.1 Å². The number of amides is 3. The van der Waals surface area contributed by atoms with Crippen LogP contribution < -0.4 is 15.5 Å². The van der Waals surface area contributed by atoms with Crippen LogP contribution in [0.1, 0.15) is 29.8 Å². The van der Waals surface area contributed by atoms with Gasteiger partial charge in [0.2, 0.25) is 5.91 Å². The average molecular weight is 313 g/mol. The Morgan fingerprint density at radius 1 is 1.43 bits per heavy atom. The van der Waals surface area contributed by atoms with E-state index >= 15 is 0 Å². The van der Waals surface area contributed by atoms with E-state index in [-0.39, 0.29) is 18.0 Å². The Morgan fingerprint density at radius 3 is 3.00 bits per heavy atom. The molecule has 7 heteroatoms. The molecule has 0 aliphatic carbocycles. The molecule has 120 valence electrons. The highest BCUT2D eigenvalue weighted by Crippen LogP contribution is 2.30. The van der Waals surface area contributed by atoms with Crippen LogP contribution in [0, 0.1) is 0 Å². The van der Waals surface area contributed by atoms with Gasteiger partial charge in [-0.05, 0) is 30.2 Å². The molecular formula is C16H19N5O2. The van der Waals surface area contributed by atoms with Crippen molar-refractivity contribution in [1.29, 1.82) is 0 Å². The molecule has 2 heterocycles. The maximum absolute atomic E-state index is 11.9. The lowest BCUT2D eigenvalue weighted by Gasteiger charge is -2.16. The normalized spacial score (nSPS) is 14.5. The van der Waals surface area contributed by atoms with E-state index in [1.165, 1.54) is 0 Å². The van der Waals surface area contributed by atoms with E-state index in [1.54, 1.807) is 24.2 Å². The second-order valence-electron chi connectivity index (χ2n) is 5.65. The first-order valence-corrected chi connectivity index (χ1v) is 7.46. The predicted octanol–water partition coefficient (Wildman–Crippen LogP) is 1.49. The molecule has 1 aliphatic heterocycles. The Kier molecular flexibility index (Phi) is 4.01. The first kappa shape index (κ1) is 15.1. The minimum absolute atomic E-state index is 0.0927. The van der Waals surface area contributed by atoms with E-state index in [4.69, 9.17) is 0 Å². The number of fused-ring (bicyclic) bond motifs is 1. The number of aromatic nitrogens is 2. The average Bonchev–Trinajstić information content (AvgIpc) is 3.14. The Labute approximate surface area is 134 Å². The summed E-state index contributed by atoms with van der Waals surface area (Å²) in [5.41, 5.74) is 3.76.